The summed E-state index contributed by atoms with van der Waals surface area (Å²) >= 11 is 6.66. The summed E-state index contributed by atoms with van der Waals surface area (Å²) < 4.78 is 54.8. The number of nitrogens with zero attached hydrogens (tertiary/aromatic N) is 2. The molecule has 0 amide bonds. The first-order valence-electron chi connectivity index (χ1n) is 5.96. The van der Waals surface area contributed by atoms with Gasteiger partial charge in [-0.25, -0.2) is 9.37 Å². The van der Waals surface area contributed by atoms with E-state index >= 15 is 0 Å². The Labute approximate surface area is 139 Å². The summed E-state index contributed by atoms with van der Waals surface area (Å²) in [5.41, 5.74) is -0.233. The second-order valence-electron chi connectivity index (χ2n) is 4.56. The normalized spacial score (nSPS) is 12.1. The van der Waals surface area contributed by atoms with Gasteiger partial charge in [-0.2, -0.15) is 13.2 Å². The summed E-state index contributed by atoms with van der Waals surface area (Å²) in [5, 5.41) is 0. The third kappa shape index (κ3) is 2.77. The van der Waals surface area contributed by atoms with Gasteiger partial charge < -0.3 is 4.40 Å². The van der Waals surface area contributed by atoms with Gasteiger partial charge >= 0.3 is 6.18 Å². The number of halogens is 6. The fourth-order valence-corrected chi connectivity index (χ4v) is 3.36. The van der Waals surface area contributed by atoms with Gasteiger partial charge in [0.05, 0.1) is 15.7 Å². The van der Waals surface area contributed by atoms with Gasteiger partial charge in [0.1, 0.15) is 5.82 Å². The Morgan fingerprint density at radius 2 is 1.77 bits per heavy atom. The number of hydrogen-bond donors (Lipinski definition) is 0. The lowest BCUT2D eigenvalue weighted by Crippen LogP contribution is -2.08. The van der Waals surface area contributed by atoms with Crippen molar-refractivity contribution in [3.05, 3.63) is 57.0 Å². The largest absolute Gasteiger partial charge is 0.419 e. The zero-order valence-corrected chi connectivity index (χ0v) is 13.8. The van der Waals surface area contributed by atoms with Gasteiger partial charge in [-0.15, -0.1) is 0 Å². The Kier molecular flexibility index (Phi) is 3.76. The van der Waals surface area contributed by atoms with Crippen LogP contribution in [0.4, 0.5) is 17.6 Å². The fourth-order valence-electron chi connectivity index (χ4n) is 2.07. The molecular weight excluding hydrogens is 432 g/mol. The molecule has 114 valence electrons. The Morgan fingerprint density at radius 1 is 1.05 bits per heavy atom. The number of imidazole rings is 1. The molecule has 8 heteroatoms. The van der Waals surface area contributed by atoms with Crippen LogP contribution in [-0.4, -0.2) is 9.38 Å². The molecule has 3 rings (SSSR count). The van der Waals surface area contributed by atoms with Crippen molar-refractivity contribution in [1.82, 2.24) is 9.38 Å². The van der Waals surface area contributed by atoms with E-state index < -0.39 is 17.6 Å². The first kappa shape index (κ1) is 15.5. The Morgan fingerprint density at radius 3 is 2.45 bits per heavy atom. The van der Waals surface area contributed by atoms with Crippen molar-refractivity contribution in [3.8, 4) is 11.3 Å². The van der Waals surface area contributed by atoms with Crippen molar-refractivity contribution in [3.63, 3.8) is 0 Å². The molecule has 0 spiro atoms. The van der Waals surface area contributed by atoms with E-state index in [2.05, 4.69) is 36.8 Å². The molecule has 2 aromatic heterocycles. The standard InChI is InChI=1S/C14H6Br2F4N2/c15-8-4-10(16)13-21-12(6-22(13)5-8)7-1-2-11(17)9(3-7)14(18,19)20/h1-6H. The number of rotatable bonds is 1. The molecule has 0 saturated carbocycles. The van der Waals surface area contributed by atoms with Gasteiger partial charge in [0.15, 0.2) is 5.65 Å². The molecule has 0 N–H and O–H groups in total. The van der Waals surface area contributed by atoms with Crippen LogP contribution < -0.4 is 0 Å². The Hall–Kier alpha value is -1.41. The highest BCUT2D eigenvalue weighted by Gasteiger charge is 2.34. The van der Waals surface area contributed by atoms with Crippen LogP contribution in [0.25, 0.3) is 16.9 Å². The van der Waals surface area contributed by atoms with Crippen LogP contribution in [0.1, 0.15) is 5.56 Å². The lowest BCUT2D eigenvalue weighted by Gasteiger charge is -2.08. The molecular formula is C14H6Br2F4N2. The maximum atomic E-state index is 13.3. The molecule has 0 saturated heterocycles. The second-order valence-corrected chi connectivity index (χ2v) is 6.33. The zero-order valence-electron chi connectivity index (χ0n) is 10.6. The van der Waals surface area contributed by atoms with Gasteiger partial charge in [-0.1, -0.05) is 0 Å². The van der Waals surface area contributed by atoms with Crippen molar-refractivity contribution in [2.75, 3.05) is 0 Å². The zero-order chi connectivity index (χ0) is 16.1. The van der Waals surface area contributed by atoms with Crippen molar-refractivity contribution < 1.29 is 17.6 Å². The number of hydrogen-bond acceptors (Lipinski definition) is 1. The van der Waals surface area contributed by atoms with E-state index in [9.17, 15) is 17.6 Å². The van der Waals surface area contributed by atoms with Crippen molar-refractivity contribution in [2.24, 2.45) is 0 Å². The van der Waals surface area contributed by atoms with E-state index in [-0.39, 0.29) is 5.56 Å². The number of fused-ring (bicyclic) bond motifs is 1. The second kappa shape index (κ2) is 5.34. The molecule has 0 aliphatic rings. The van der Waals surface area contributed by atoms with Gasteiger partial charge in [0.2, 0.25) is 0 Å². The van der Waals surface area contributed by atoms with E-state index in [0.717, 1.165) is 16.6 Å². The van der Waals surface area contributed by atoms with E-state index in [0.29, 0.717) is 15.8 Å². The van der Waals surface area contributed by atoms with E-state index in [1.54, 1.807) is 22.9 Å². The third-order valence-electron chi connectivity index (χ3n) is 3.04. The average molecular weight is 438 g/mol. The Bertz CT molecular complexity index is 871. The number of benzene rings is 1. The van der Waals surface area contributed by atoms with Crippen LogP contribution in [0.5, 0.6) is 0 Å². The summed E-state index contributed by atoms with van der Waals surface area (Å²) in [4.78, 5) is 4.28. The van der Waals surface area contributed by atoms with Crippen LogP contribution in [0.2, 0.25) is 0 Å². The number of alkyl halides is 3. The van der Waals surface area contributed by atoms with Crippen molar-refractivity contribution >= 4 is 37.5 Å². The summed E-state index contributed by atoms with van der Waals surface area (Å²) in [5.74, 6) is -1.30. The SMILES string of the molecule is Fc1ccc(-c2cn3cc(Br)cc(Br)c3n2)cc1C(F)(F)F. The molecule has 2 heterocycles. The first-order valence-corrected chi connectivity index (χ1v) is 7.55. The number of aromatic nitrogens is 2. The predicted molar refractivity (Wildman–Crippen MR) is 81.0 cm³/mol. The maximum absolute atomic E-state index is 13.3. The molecule has 22 heavy (non-hydrogen) atoms. The first-order chi connectivity index (χ1) is 10.3. The summed E-state index contributed by atoms with van der Waals surface area (Å²) in [6, 6.07) is 4.61. The maximum Gasteiger partial charge on any atom is 0.419 e. The fraction of sp³-hybridized carbons (Fsp3) is 0.0714. The quantitative estimate of drug-likeness (QED) is 0.447. The summed E-state index contributed by atoms with van der Waals surface area (Å²) in [6.45, 7) is 0. The molecule has 0 bridgehead atoms. The predicted octanol–water partition coefficient (Wildman–Crippen LogP) is 5.68. The topological polar surface area (TPSA) is 17.3 Å². The van der Waals surface area contributed by atoms with Crippen molar-refractivity contribution in [2.45, 2.75) is 6.18 Å². The highest BCUT2D eigenvalue weighted by Crippen LogP contribution is 2.34. The van der Waals surface area contributed by atoms with E-state index in [4.69, 9.17) is 0 Å². The molecule has 0 aliphatic carbocycles. The molecule has 1 aromatic carbocycles. The van der Waals surface area contributed by atoms with Crippen LogP contribution in [0.3, 0.4) is 0 Å². The minimum absolute atomic E-state index is 0.195. The molecule has 0 aliphatic heterocycles. The summed E-state index contributed by atoms with van der Waals surface area (Å²) in [6.07, 6.45) is -1.44. The molecule has 0 fully saturated rings. The Balaban J connectivity index is 2.18. The van der Waals surface area contributed by atoms with Crippen molar-refractivity contribution in [1.29, 1.82) is 0 Å². The third-order valence-corrected chi connectivity index (χ3v) is 4.06. The lowest BCUT2D eigenvalue weighted by atomic mass is 10.1. The average Bonchev–Trinajstić information content (AvgIpc) is 2.82. The van der Waals surface area contributed by atoms with E-state index in [1.807, 2.05) is 0 Å². The molecule has 0 unspecified atom stereocenters. The highest BCUT2D eigenvalue weighted by molar-refractivity contribution is 9.11. The molecule has 3 aromatic rings. The molecule has 2 nitrogen and oxygen atoms in total. The number of pyridine rings is 1. The molecule has 0 atom stereocenters. The van der Waals surface area contributed by atoms with E-state index in [1.165, 1.54) is 6.07 Å². The van der Waals surface area contributed by atoms with Crippen LogP contribution in [0, 0.1) is 5.82 Å². The monoisotopic (exact) mass is 436 g/mol. The lowest BCUT2D eigenvalue weighted by molar-refractivity contribution is -0.139. The molecule has 0 radical (unpaired) electrons. The van der Waals surface area contributed by atoms with Gasteiger partial charge in [-0.3, -0.25) is 0 Å². The summed E-state index contributed by atoms with van der Waals surface area (Å²) in [7, 11) is 0. The van der Waals surface area contributed by atoms with Gasteiger partial charge in [0.25, 0.3) is 0 Å². The smallest absolute Gasteiger partial charge is 0.304 e. The van der Waals surface area contributed by atoms with Gasteiger partial charge in [0, 0.05) is 22.4 Å². The minimum atomic E-state index is -4.75. The van der Waals surface area contributed by atoms with Crippen LogP contribution >= 0.6 is 31.9 Å². The minimum Gasteiger partial charge on any atom is -0.304 e. The van der Waals surface area contributed by atoms with Crippen LogP contribution in [-0.2, 0) is 6.18 Å². The highest BCUT2D eigenvalue weighted by atomic mass is 79.9. The van der Waals surface area contributed by atoms with Crippen LogP contribution in [0.15, 0.2) is 45.6 Å². The van der Waals surface area contributed by atoms with Gasteiger partial charge in [-0.05, 0) is 56.1 Å².